The molecule has 0 aromatic heterocycles. The first-order valence-corrected chi connectivity index (χ1v) is 5.82. The third kappa shape index (κ3) is 3.82. The summed E-state index contributed by atoms with van der Waals surface area (Å²) in [5.74, 6) is 0.234. The van der Waals surface area contributed by atoms with Crippen LogP contribution in [-0.2, 0) is 9.53 Å². The molecule has 0 radical (unpaired) electrons. The summed E-state index contributed by atoms with van der Waals surface area (Å²) >= 11 is 0. The molecule has 1 aliphatic heterocycles. The molecule has 1 aromatic rings. The largest absolute Gasteiger partial charge is 0.489 e. The Balaban J connectivity index is 0.00000200. The number of ether oxygens (including phenoxy) is 2. The van der Waals surface area contributed by atoms with Gasteiger partial charge in [-0.2, -0.15) is 0 Å². The van der Waals surface area contributed by atoms with Crippen LogP contribution in [0.1, 0.15) is 6.42 Å². The van der Waals surface area contributed by atoms with E-state index in [1.54, 1.807) is 12.1 Å². The van der Waals surface area contributed by atoms with Gasteiger partial charge in [0, 0.05) is 25.1 Å². The van der Waals surface area contributed by atoms with Crippen molar-refractivity contribution < 1.29 is 19.2 Å². The van der Waals surface area contributed by atoms with Gasteiger partial charge in [0.2, 0.25) is 0 Å². The quantitative estimate of drug-likeness (QED) is 0.512. The molecule has 1 fully saturated rings. The number of methoxy groups -OCH3 is 1. The van der Waals surface area contributed by atoms with Gasteiger partial charge < -0.3 is 14.8 Å². The molecule has 1 aromatic carbocycles. The average Bonchev–Trinajstić information content (AvgIpc) is 2.87. The van der Waals surface area contributed by atoms with Crippen LogP contribution in [0.15, 0.2) is 24.3 Å². The molecular weight excluding hydrogens is 288 g/mol. The monoisotopic (exact) mass is 302 g/mol. The Labute approximate surface area is 121 Å². The van der Waals surface area contributed by atoms with Crippen LogP contribution in [0.4, 0.5) is 5.69 Å². The van der Waals surface area contributed by atoms with E-state index in [1.165, 1.54) is 19.2 Å². The lowest BCUT2D eigenvalue weighted by Crippen LogP contribution is -2.31. The molecule has 8 heteroatoms. The van der Waals surface area contributed by atoms with Gasteiger partial charge in [-0.3, -0.25) is 14.9 Å². The SMILES string of the molecule is COC(=O)C1CC(Oc2ccc([N+](=O)[O-])cc2)CN1.Cl. The summed E-state index contributed by atoms with van der Waals surface area (Å²) in [5, 5.41) is 13.5. The fourth-order valence-corrected chi connectivity index (χ4v) is 1.95. The van der Waals surface area contributed by atoms with Crippen LogP contribution in [0.5, 0.6) is 5.75 Å². The predicted octanol–water partition coefficient (Wildman–Crippen LogP) is 1.30. The zero-order valence-corrected chi connectivity index (χ0v) is 11.6. The molecule has 2 unspecified atom stereocenters. The molecule has 20 heavy (non-hydrogen) atoms. The molecule has 0 saturated carbocycles. The number of nitrogens with one attached hydrogen (secondary N) is 1. The molecule has 1 heterocycles. The summed E-state index contributed by atoms with van der Waals surface area (Å²) in [5.41, 5.74) is 0.0179. The van der Waals surface area contributed by atoms with Crippen molar-refractivity contribution in [2.45, 2.75) is 18.6 Å². The first kappa shape index (κ1) is 16.2. The van der Waals surface area contributed by atoms with Gasteiger partial charge in [-0.25, -0.2) is 0 Å². The summed E-state index contributed by atoms with van der Waals surface area (Å²) in [4.78, 5) is 21.4. The van der Waals surface area contributed by atoms with Crippen LogP contribution < -0.4 is 10.1 Å². The maximum atomic E-state index is 11.3. The van der Waals surface area contributed by atoms with Crippen LogP contribution in [0.25, 0.3) is 0 Å². The number of hydrogen-bond donors (Lipinski definition) is 1. The molecular formula is C12H15ClN2O5. The standard InChI is InChI=1S/C12H14N2O5.ClH/c1-18-12(15)11-6-10(7-13-11)19-9-4-2-8(3-5-9)14(16)17;/h2-5,10-11,13H,6-7H2,1H3;1H. The van der Waals surface area contributed by atoms with E-state index in [4.69, 9.17) is 4.74 Å². The van der Waals surface area contributed by atoms with E-state index >= 15 is 0 Å². The Hall–Kier alpha value is -1.86. The van der Waals surface area contributed by atoms with Crippen molar-refractivity contribution in [3.05, 3.63) is 34.4 Å². The van der Waals surface area contributed by atoms with E-state index in [9.17, 15) is 14.9 Å². The van der Waals surface area contributed by atoms with Crippen LogP contribution in [0, 0.1) is 10.1 Å². The van der Waals surface area contributed by atoms with E-state index in [-0.39, 0.29) is 36.2 Å². The number of esters is 1. The van der Waals surface area contributed by atoms with Crippen molar-refractivity contribution >= 4 is 24.1 Å². The highest BCUT2D eigenvalue weighted by Gasteiger charge is 2.31. The van der Waals surface area contributed by atoms with E-state index in [0.717, 1.165) is 0 Å². The zero-order valence-electron chi connectivity index (χ0n) is 10.8. The minimum absolute atomic E-state index is 0. The molecule has 110 valence electrons. The smallest absolute Gasteiger partial charge is 0.323 e. The van der Waals surface area contributed by atoms with Gasteiger partial charge in [0.15, 0.2) is 0 Å². The molecule has 1 saturated heterocycles. The second-order valence-corrected chi connectivity index (χ2v) is 4.21. The van der Waals surface area contributed by atoms with Gasteiger partial charge in [0.25, 0.3) is 5.69 Å². The third-order valence-corrected chi connectivity index (χ3v) is 2.93. The highest BCUT2D eigenvalue weighted by molar-refractivity contribution is 5.85. The Kier molecular flexibility index (Phi) is 5.72. The summed E-state index contributed by atoms with van der Waals surface area (Å²) in [6, 6.07) is 5.51. The fraction of sp³-hybridized carbons (Fsp3) is 0.417. The van der Waals surface area contributed by atoms with Crippen LogP contribution in [0.3, 0.4) is 0 Å². The summed E-state index contributed by atoms with van der Waals surface area (Å²) in [6.45, 7) is 0.538. The van der Waals surface area contributed by atoms with Gasteiger partial charge in [-0.15, -0.1) is 12.4 Å². The molecule has 0 bridgehead atoms. The highest BCUT2D eigenvalue weighted by Crippen LogP contribution is 2.21. The lowest BCUT2D eigenvalue weighted by molar-refractivity contribution is -0.384. The summed E-state index contributed by atoms with van der Waals surface area (Å²) in [7, 11) is 1.34. The number of benzene rings is 1. The van der Waals surface area contributed by atoms with Crippen molar-refractivity contribution in [2.75, 3.05) is 13.7 Å². The van der Waals surface area contributed by atoms with Crippen molar-refractivity contribution in [3.8, 4) is 5.75 Å². The Bertz CT molecular complexity index is 479. The lowest BCUT2D eigenvalue weighted by Gasteiger charge is -2.12. The average molecular weight is 303 g/mol. The maximum Gasteiger partial charge on any atom is 0.323 e. The number of nitro benzene ring substituents is 1. The first-order chi connectivity index (χ1) is 9.10. The molecule has 2 rings (SSSR count). The molecule has 1 aliphatic rings. The number of carbonyl (C=O) groups excluding carboxylic acids is 1. The van der Waals surface area contributed by atoms with E-state index in [1.807, 2.05) is 0 Å². The van der Waals surface area contributed by atoms with Crippen molar-refractivity contribution in [1.29, 1.82) is 0 Å². The van der Waals surface area contributed by atoms with Gasteiger partial charge in [-0.1, -0.05) is 0 Å². The van der Waals surface area contributed by atoms with Crippen LogP contribution in [-0.4, -0.2) is 36.7 Å². The lowest BCUT2D eigenvalue weighted by atomic mass is 10.2. The number of nitro groups is 1. The number of carbonyl (C=O) groups is 1. The Morgan fingerprint density at radius 2 is 2.05 bits per heavy atom. The van der Waals surface area contributed by atoms with E-state index < -0.39 is 4.92 Å². The van der Waals surface area contributed by atoms with Gasteiger partial charge in [0.05, 0.1) is 12.0 Å². The third-order valence-electron chi connectivity index (χ3n) is 2.93. The number of rotatable bonds is 4. The molecule has 0 aliphatic carbocycles. The fourth-order valence-electron chi connectivity index (χ4n) is 1.95. The van der Waals surface area contributed by atoms with Gasteiger partial charge in [0.1, 0.15) is 17.9 Å². The molecule has 7 nitrogen and oxygen atoms in total. The minimum atomic E-state index is -0.464. The maximum absolute atomic E-state index is 11.3. The second-order valence-electron chi connectivity index (χ2n) is 4.21. The van der Waals surface area contributed by atoms with Gasteiger partial charge in [-0.05, 0) is 12.1 Å². The number of non-ortho nitro benzene ring substituents is 1. The Morgan fingerprint density at radius 3 is 2.60 bits per heavy atom. The topological polar surface area (TPSA) is 90.7 Å². The minimum Gasteiger partial charge on any atom is -0.489 e. The molecule has 0 amide bonds. The number of nitrogens with zero attached hydrogens (tertiary/aromatic N) is 1. The van der Waals surface area contributed by atoms with Gasteiger partial charge >= 0.3 is 5.97 Å². The second kappa shape index (κ2) is 7.06. The molecule has 2 atom stereocenters. The normalized spacial score (nSPS) is 20.9. The predicted molar refractivity (Wildman–Crippen MR) is 73.2 cm³/mol. The number of hydrogen-bond acceptors (Lipinski definition) is 6. The van der Waals surface area contributed by atoms with E-state index in [2.05, 4.69) is 10.1 Å². The highest BCUT2D eigenvalue weighted by atomic mass is 35.5. The van der Waals surface area contributed by atoms with Crippen molar-refractivity contribution in [2.24, 2.45) is 0 Å². The number of halogens is 1. The Morgan fingerprint density at radius 1 is 1.40 bits per heavy atom. The van der Waals surface area contributed by atoms with Crippen LogP contribution >= 0.6 is 12.4 Å². The molecule has 0 spiro atoms. The molecule has 1 N–H and O–H groups in total. The zero-order chi connectivity index (χ0) is 13.8. The van der Waals surface area contributed by atoms with Crippen LogP contribution in [0.2, 0.25) is 0 Å². The first-order valence-electron chi connectivity index (χ1n) is 5.82. The van der Waals surface area contributed by atoms with Crippen molar-refractivity contribution in [1.82, 2.24) is 5.32 Å². The summed E-state index contributed by atoms with van der Waals surface area (Å²) < 4.78 is 10.3. The van der Waals surface area contributed by atoms with Crippen molar-refractivity contribution in [3.63, 3.8) is 0 Å². The van der Waals surface area contributed by atoms with E-state index in [0.29, 0.717) is 18.7 Å². The summed E-state index contributed by atoms with van der Waals surface area (Å²) in [6.07, 6.45) is 0.370.